The van der Waals surface area contributed by atoms with E-state index in [1.54, 1.807) is 11.0 Å². The molecule has 1 aromatic carbocycles. The van der Waals surface area contributed by atoms with Crippen molar-refractivity contribution in [1.29, 1.82) is 0 Å². The molecule has 1 saturated heterocycles. The monoisotopic (exact) mass is 292 g/mol. The van der Waals surface area contributed by atoms with E-state index in [2.05, 4.69) is 0 Å². The predicted octanol–water partition coefficient (Wildman–Crippen LogP) is 1.59. The Kier molecular flexibility index (Phi) is 4.57. The van der Waals surface area contributed by atoms with Gasteiger partial charge in [0.05, 0.1) is 0 Å². The second kappa shape index (κ2) is 6.39. The van der Waals surface area contributed by atoms with Crippen LogP contribution in [0.3, 0.4) is 0 Å². The van der Waals surface area contributed by atoms with Gasteiger partial charge in [-0.2, -0.15) is 0 Å². The standard InChI is InChI=1S/C15H17FN2O3/c1-11(19)17-4-6-18(7-5-17)14-9-12(2-3-15(20)21)8-13(16)10-14/h2-3,8-10H,4-7H2,1H3,(H,20,21)/b3-2+. The van der Waals surface area contributed by atoms with Gasteiger partial charge < -0.3 is 14.9 Å². The lowest BCUT2D eigenvalue weighted by atomic mass is 10.1. The van der Waals surface area contributed by atoms with E-state index in [1.165, 1.54) is 25.1 Å². The number of carbonyl (C=O) groups excluding carboxylic acids is 1. The number of aliphatic carboxylic acids is 1. The number of amides is 1. The number of hydrogen-bond acceptors (Lipinski definition) is 3. The van der Waals surface area contributed by atoms with Gasteiger partial charge in [-0.1, -0.05) is 0 Å². The van der Waals surface area contributed by atoms with E-state index in [1.807, 2.05) is 4.90 Å². The predicted molar refractivity (Wildman–Crippen MR) is 77.5 cm³/mol. The first-order chi connectivity index (χ1) is 9.95. The lowest BCUT2D eigenvalue weighted by Crippen LogP contribution is -2.48. The summed E-state index contributed by atoms with van der Waals surface area (Å²) >= 11 is 0. The number of carboxylic acid groups (broad SMARTS) is 1. The van der Waals surface area contributed by atoms with Crippen molar-refractivity contribution in [2.75, 3.05) is 31.1 Å². The second-order valence-electron chi connectivity index (χ2n) is 4.91. The minimum absolute atomic E-state index is 0.0407. The summed E-state index contributed by atoms with van der Waals surface area (Å²) in [5.41, 5.74) is 1.20. The summed E-state index contributed by atoms with van der Waals surface area (Å²) in [6.07, 6.45) is 2.34. The molecule has 0 saturated carbocycles. The van der Waals surface area contributed by atoms with E-state index < -0.39 is 11.8 Å². The maximum atomic E-state index is 13.6. The Morgan fingerprint density at radius 3 is 2.43 bits per heavy atom. The number of hydrogen-bond donors (Lipinski definition) is 1. The van der Waals surface area contributed by atoms with Gasteiger partial charge in [0.15, 0.2) is 0 Å². The SMILES string of the molecule is CC(=O)N1CCN(c2cc(F)cc(/C=C/C(=O)O)c2)CC1. The smallest absolute Gasteiger partial charge is 0.328 e. The highest BCUT2D eigenvalue weighted by Crippen LogP contribution is 2.21. The maximum absolute atomic E-state index is 13.6. The van der Waals surface area contributed by atoms with Crippen LogP contribution in [-0.4, -0.2) is 48.1 Å². The summed E-state index contributed by atoms with van der Waals surface area (Å²) in [4.78, 5) is 25.5. The fourth-order valence-electron chi connectivity index (χ4n) is 2.32. The van der Waals surface area contributed by atoms with Gasteiger partial charge in [0.1, 0.15) is 5.82 Å². The van der Waals surface area contributed by atoms with Crippen molar-refractivity contribution in [2.24, 2.45) is 0 Å². The molecule has 112 valence electrons. The average Bonchev–Trinajstić information content (AvgIpc) is 2.44. The summed E-state index contributed by atoms with van der Waals surface area (Å²) in [5.74, 6) is -1.44. The molecule has 0 bridgehead atoms. The van der Waals surface area contributed by atoms with Crippen LogP contribution in [0.5, 0.6) is 0 Å². The van der Waals surface area contributed by atoms with Gasteiger partial charge in [0.25, 0.3) is 0 Å². The molecule has 0 aliphatic carbocycles. The molecular weight excluding hydrogens is 275 g/mol. The van der Waals surface area contributed by atoms with Gasteiger partial charge in [-0.25, -0.2) is 9.18 Å². The van der Waals surface area contributed by atoms with Crippen molar-refractivity contribution >= 4 is 23.6 Å². The third-order valence-corrected chi connectivity index (χ3v) is 3.41. The summed E-state index contributed by atoms with van der Waals surface area (Å²) in [5, 5.41) is 8.61. The number of halogens is 1. The molecule has 1 aromatic rings. The molecule has 2 rings (SSSR count). The number of benzene rings is 1. The molecule has 0 atom stereocenters. The third-order valence-electron chi connectivity index (χ3n) is 3.41. The van der Waals surface area contributed by atoms with Crippen molar-refractivity contribution in [1.82, 2.24) is 4.90 Å². The summed E-state index contributed by atoms with van der Waals surface area (Å²) in [6, 6.07) is 4.45. The molecule has 6 heteroatoms. The van der Waals surface area contributed by atoms with E-state index in [-0.39, 0.29) is 5.91 Å². The number of anilines is 1. The molecule has 0 spiro atoms. The summed E-state index contributed by atoms with van der Waals surface area (Å²) < 4.78 is 13.6. The van der Waals surface area contributed by atoms with Crippen molar-refractivity contribution in [3.63, 3.8) is 0 Å². The number of nitrogens with zero attached hydrogens (tertiary/aromatic N) is 2. The zero-order chi connectivity index (χ0) is 15.4. The van der Waals surface area contributed by atoms with Crippen molar-refractivity contribution in [2.45, 2.75) is 6.92 Å². The molecule has 0 aromatic heterocycles. The second-order valence-corrected chi connectivity index (χ2v) is 4.91. The summed E-state index contributed by atoms with van der Waals surface area (Å²) in [7, 11) is 0. The molecule has 0 unspecified atom stereocenters. The topological polar surface area (TPSA) is 60.9 Å². The average molecular weight is 292 g/mol. The van der Waals surface area contributed by atoms with Gasteiger partial charge in [-0.15, -0.1) is 0 Å². The Hall–Kier alpha value is -2.37. The highest BCUT2D eigenvalue weighted by molar-refractivity contribution is 5.85. The molecule has 1 amide bonds. The van der Waals surface area contributed by atoms with E-state index in [4.69, 9.17) is 5.11 Å². The first kappa shape index (κ1) is 15.0. The minimum atomic E-state index is -1.07. The first-order valence-electron chi connectivity index (χ1n) is 6.68. The van der Waals surface area contributed by atoms with Crippen LogP contribution < -0.4 is 4.90 Å². The van der Waals surface area contributed by atoms with Crippen molar-refractivity contribution in [3.8, 4) is 0 Å². The Morgan fingerprint density at radius 1 is 1.19 bits per heavy atom. The highest BCUT2D eigenvalue weighted by atomic mass is 19.1. The van der Waals surface area contributed by atoms with Gasteiger partial charge in [0.2, 0.25) is 5.91 Å². The van der Waals surface area contributed by atoms with Gasteiger partial charge in [0, 0.05) is 44.9 Å². The number of rotatable bonds is 3. The Balaban J connectivity index is 2.13. The molecule has 1 heterocycles. The van der Waals surface area contributed by atoms with Crippen LogP contribution in [0.25, 0.3) is 6.08 Å². The maximum Gasteiger partial charge on any atom is 0.328 e. The van der Waals surface area contributed by atoms with Crippen LogP contribution in [-0.2, 0) is 9.59 Å². The van der Waals surface area contributed by atoms with Gasteiger partial charge in [-0.05, 0) is 29.8 Å². The quantitative estimate of drug-likeness (QED) is 0.860. The highest BCUT2D eigenvalue weighted by Gasteiger charge is 2.19. The van der Waals surface area contributed by atoms with Crippen LogP contribution >= 0.6 is 0 Å². The van der Waals surface area contributed by atoms with E-state index in [0.29, 0.717) is 37.4 Å². The normalized spacial score (nSPS) is 15.5. The Bertz CT molecular complexity index is 578. The lowest BCUT2D eigenvalue weighted by Gasteiger charge is -2.35. The van der Waals surface area contributed by atoms with Gasteiger partial charge >= 0.3 is 5.97 Å². The Labute approximate surface area is 122 Å². The molecule has 1 aliphatic rings. The van der Waals surface area contributed by atoms with Crippen LogP contribution in [0.1, 0.15) is 12.5 Å². The van der Waals surface area contributed by atoms with E-state index >= 15 is 0 Å². The summed E-state index contributed by atoms with van der Waals surface area (Å²) in [6.45, 7) is 4.00. The van der Waals surface area contributed by atoms with Crippen molar-refractivity contribution in [3.05, 3.63) is 35.7 Å². The zero-order valence-corrected chi connectivity index (χ0v) is 11.8. The van der Waals surface area contributed by atoms with E-state index in [9.17, 15) is 14.0 Å². The molecule has 21 heavy (non-hydrogen) atoms. The number of carboxylic acids is 1. The lowest BCUT2D eigenvalue weighted by molar-refractivity contribution is -0.131. The largest absolute Gasteiger partial charge is 0.478 e. The van der Waals surface area contributed by atoms with Crippen molar-refractivity contribution < 1.29 is 19.1 Å². The van der Waals surface area contributed by atoms with Crippen LogP contribution in [0.4, 0.5) is 10.1 Å². The third kappa shape index (κ3) is 4.05. The van der Waals surface area contributed by atoms with Gasteiger partial charge in [-0.3, -0.25) is 4.79 Å². The molecule has 1 aliphatic heterocycles. The number of carbonyl (C=O) groups is 2. The fraction of sp³-hybridized carbons (Fsp3) is 0.333. The van der Waals surface area contributed by atoms with E-state index in [0.717, 1.165) is 6.08 Å². The van der Waals surface area contributed by atoms with Crippen LogP contribution in [0.15, 0.2) is 24.3 Å². The minimum Gasteiger partial charge on any atom is -0.478 e. The first-order valence-corrected chi connectivity index (χ1v) is 6.68. The Morgan fingerprint density at radius 2 is 1.86 bits per heavy atom. The molecule has 1 fully saturated rings. The molecule has 5 nitrogen and oxygen atoms in total. The number of piperazine rings is 1. The molecule has 1 N–H and O–H groups in total. The fourth-order valence-corrected chi connectivity index (χ4v) is 2.32. The van der Waals surface area contributed by atoms with Crippen LogP contribution in [0, 0.1) is 5.82 Å². The molecular formula is C15H17FN2O3. The zero-order valence-electron chi connectivity index (χ0n) is 11.8. The van der Waals surface area contributed by atoms with Crippen LogP contribution in [0.2, 0.25) is 0 Å². The molecule has 0 radical (unpaired) electrons.